The van der Waals surface area contributed by atoms with Gasteiger partial charge in [0.25, 0.3) is 0 Å². The first kappa shape index (κ1) is 12.2. The molecule has 0 nitrogen and oxygen atoms in total. The Labute approximate surface area is 117 Å². The van der Waals surface area contributed by atoms with Crippen molar-refractivity contribution in [3.05, 3.63) is 48.5 Å². The van der Waals surface area contributed by atoms with Gasteiger partial charge in [-0.25, -0.2) is 0 Å². The zero-order valence-electron chi connectivity index (χ0n) is 10.3. The third-order valence-electron chi connectivity index (χ3n) is 3.12. The summed E-state index contributed by atoms with van der Waals surface area (Å²) in [7, 11) is 0. The Morgan fingerprint density at radius 3 is 1.56 bits per heavy atom. The van der Waals surface area contributed by atoms with Crippen LogP contribution in [0.4, 0.5) is 0 Å². The van der Waals surface area contributed by atoms with Gasteiger partial charge in [-0.3, -0.25) is 0 Å². The fourth-order valence-electron chi connectivity index (χ4n) is 2.20. The van der Waals surface area contributed by atoms with E-state index in [0.29, 0.717) is 0 Å². The lowest BCUT2D eigenvalue weighted by atomic mass is 10.1. The highest BCUT2D eigenvalue weighted by Crippen LogP contribution is 2.38. The van der Waals surface area contributed by atoms with Crippen LogP contribution in [0.15, 0.2) is 58.3 Å². The SMILES string of the molecule is c1ccc2c(c1)SCCCCSc1ccccc1-2. The maximum atomic E-state index is 2.25. The Balaban J connectivity index is 2.12. The summed E-state index contributed by atoms with van der Waals surface area (Å²) in [6.45, 7) is 0. The maximum absolute atomic E-state index is 2.25. The molecule has 0 aliphatic carbocycles. The fraction of sp³-hybridized carbons (Fsp3) is 0.250. The lowest BCUT2D eigenvalue weighted by molar-refractivity contribution is 0.906. The van der Waals surface area contributed by atoms with Crippen molar-refractivity contribution in [1.82, 2.24) is 0 Å². The largest absolute Gasteiger partial charge is 0.126 e. The van der Waals surface area contributed by atoms with Crippen molar-refractivity contribution >= 4 is 23.5 Å². The van der Waals surface area contributed by atoms with Crippen LogP contribution in [0.3, 0.4) is 0 Å². The summed E-state index contributed by atoms with van der Waals surface area (Å²) in [5.74, 6) is 2.47. The molecule has 0 N–H and O–H groups in total. The molecule has 1 aliphatic heterocycles. The third-order valence-corrected chi connectivity index (χ3v) is 5.44. The molecule has 18 heavy (non-hydrogen) atoms. The molecule has 0 fully saturated rings. The molecule has 0 radical (unpaired) electrons. The molecule has 3 rings (SSSR count). The minimum atomic E-state index is 1.24. The Kier molecular flexibility index (Phi) is 3.96. The number of benzene rings is 2. The second kappa shape index (κ2) is 5.85. The molecule has 0 spiro atoms. The summed E-state index contributed by atoms with van der Waals surface area (Å²) in [6, 6.07) is 17.6. The third kappa shape index (κ3) is 2.60. The van der Waals surface area contributed by atoms with Crippen LogP contribution in [0.1, 0.15) is 12.8 Å². The zero-order chi connectivity index (χ0) is 12.2. The molecule has 1 heterocycles. The normalized spacial score (nSPS) is 15.6. The summed E-state index contributed by atoms with van der Waals surface area (Å²) in [4.78, 5) is 2.85. The lowest BCUT2D eigenvalue weighted by Gasteiger charge is -2.15. The molecule has 2 heteroatoms. The minimum Gasteiger partial charge on any atom is -0.126 e. The Hall–Kier alpha value is -0.860. The molecule has 0 aromatic heterocycles. The van der Waals surface area contributed by atoms with Crippen LogP contribution in [0.2, 0.25) is 0 Å². The van der Waals surface area contributed by atoms with Gasteiger partial charge in [0.1, 0.15) is 0 Å². The predicted molar refractivity (Wildman–Crippen MR) is 82.6 cm³/mol. The second-order valence-corrected chi connectivity index (χ2v) is 6.67. The first-order valence-electron chi connectivity index (χ1n) is 6.39. The maximum Gasteiger partial charge on any atom is 0.0151 e. The number of fused-ring (bicyclic) bond motifs is 3. The van der Waals surface area contributed by atoms with Crippen LogP contribution in [0, 0.1) is 0 Å². The molecule has 0 saturated carbocycles. The van der Waals surface area contributed by atoms with E-state index in [1.165, 1.54) is 45.3 Å². The summed E-state index contributed by atoms with van der Waals surface area (Å²) in [5, 5.41) is 0. The second-order valence-electron chi connectivity index (χ2n) is 4.40. The first-order chi connectivity index (χ1) is 8.95. The lowest BCUT2D eigenvalue weighted by Crippen LogP contribution is -1.91. The van der Waals surface area contributed by atoms with E-state index in [0.717, 1.165) is 0 Å². The average Bonchev–Trinajstić information content (AvgIpc) is 2.44. The number of thioether (sulfide) groups is 2. The summed E-state index contributed by atoms with van der Waals surface area (Å²) < 4.78 is 0. The molecule has 2 aromatic rings. The van der Waals surface area contributed by atoms with Crippen LogP contribution in [-0.2, 0) is 0 Å². The minimum absolute atomic E-state index is 1.24. The van der Waals surface area contributed by atoms with Gasteiger partial charge in [-0.15, -0.1) is 23.5 Å². The zero-order valence-corrected chi connectivity index (χ0v) is 11.9. The molecule has 0 amide bonds. The van der Waals surface area contributed by atoms with Crippen molar-refractivity contribution in [2.75, 3.05) is 11.5 Å². The summed E-state index contributed by atoms with van der Waals surface area (Å²) in [6.07, 6.45) is 2.63. The van der Waals surface area contributed by atoms with Crippen molar-refractivity contribution in [3.63, 3.8) is 0 Å². The monoisotopic (exact) mass is 272 g/mol. The summed E-state index contributed by atoms with van der Waals surface area (Å²) >= 11 is 4.00. The highest BCUT2D eigenvalue weighted by Gasteiger charge is 2.11. The topological polar surface area (TPSA) is 0 Å². The van der Waals surface area contributed by atoms with Crippen LogP contribution >= 0.6 is 23.5 Å². The van der Waals surface area contributed by atoms with Gasteiger partial charge in [-0.05, 0) is 47.6 Å². The van der Waals surface area contributed by atoms with Gasteiger partial charge < -0.3 is 0 Å². The summed E-state index contributed by atoms with van der Waals surface area (Å²) in [5.41, 5.74) is 2.79. The van der Waals surface area contributed by atoms with E-state index in [1.54, 1.807) is 0 Å². The van der Waals surface area contributed by atoms with Gasteiger partial charge in [0, 0.05) is 9.79 Å². The van der Waals surface area contributed by atoms with Crippen LogP contribution in [-0.4, -0.2) is 11.5 Å². The van der Waals surface area contributed by atoms with Gasteiger partial charge >= 0.3 is 0 Å². The Bertz CT molecular complexity index is 485. The average molecular weight is 272 g/mol. The molecule has 0 saturated heterocycles. The highest BCUT2D eigenvalue weighted by molar-refractivity contribution is 8.00. The first-order valence-corrected chi connectivity index (χ1v) is 8.36. The van der Waals surface area contributed by atoms with E-state index >= 15 is 0 Å². The molecule has 0 atom stereocenters. The molecule has 2 aromatic carbocycles. The van der Waals surface area contributed by atoms with Crippen molar-refractivity contribution < 1.29 is 0 Å². The number of hydrogen-bond acceptors (Lipinski definition) is 2. The van der Waals surface area contributed by atoms with Crippen molar-refractivity contribution in [2.45, 2.75) is 22.6 Å². The van der Waals surface area contributed by atoms with Gasteiger partial charge in [-0.1, -0.05) is 36.4 Å². The van der Waals surface area contributed by atoms with Crippen molar-refractivity contribution in [3.8, 4) is 11.1 Å². The molecule has 0 unspecified atom stereocenters. The van der Waals surface area contributed by atoms with Gasteiger partial charge in [-0.2, -0.15) is 0 Å². The molecule has 1 aliphatic rings. The van der Waals surface area contributed by atoms with Crippen molar-refractivity contribution in [1.29, 1.82) is 0 Å². The smallest absolute Gasteiger partial charge is 0.0151 e. The Morgan fingerprint density at radius 1 is 0.611 bits per heavy atom. The Morgan fingerprint density at radius 2 is 1.06 bits per heavy atom. The van der Waals surface area contributed by atoms with E-state index in [1.807, 2.05) is 23.5 Å². The number of rotatable bonds is 0. The molecule has 92 valence electrons. The molecular weight excluding hydrogens is 256 g/mol. The standard InChI is InChI=1S/C16H16S2/c1-3-9-15-13(7-1)14-8-2-4-10-16(14)18-12-6-5-11-17-15/h1-4,7-10H,5-6,11-12H2. The number of hydrogen-bond donors (Lipinski definition) is 0. The van der Waals surface area contributed by atoms with Crippen LogP contribution < -0.4 is 0 Å². The van der Waals surface area contributed by atoms with E-state index in [-0.39, 0.29) is 0 Å². The van der Waals surface area contributed by atoms with Gasteiger partial charge in [0.15, 0.2) is 0 Å². The van der Waals surface area contributed by atoms with E-state index in [4.69, 9.17) is 0 Å². The van der Waals surface area contributed by atoms with Crippen LogP contribution in [0.5, 0.6) is 0 Å². The van der Waals surface area contributed by atoms with E-state index < -0.39 is 0 Å². The van der Waals surface area contributed by atoms with E-state index in [9.17, 15) is 0 Å². The van der Waals surface area contributed by atoms with Gasteiger partial charge in [0.2, 0.25) is 0 Å². The van der Waals surface area contributed by atoms with Crippen molar-refractivity contribution in [2.24, 2.45) is 0 Å². The van der Waals surface area contributed by atoms with Gasteiger partial charge in [0.05, 0.1) is 0 Å². The van der Waals surface area contributed by atoms with E-state index in [2.05, 4.69) is 48.5 Å². The highest BCUT2D eigenvalue weighted by atomic mass is 32.2. The quantitative estimate of drug-likeness (QED) is 0.635. The molecular formula is C16H16S2. The predicted octanol–water partition coefficient (Wildman–Crippen LogP) is 5.33. The fourth-order valence-corrected chi connectivity index (χ4v) is 4.35. The van der Waals surface area contributed by atoms with Crippen LogP contribution in [0.25, 0.3) is 11.1 Å². The molecule has 0 bridgehead atoms.